The van der Waals surface area contributed by atoms with Gasteiger partial charge in [-0.3, -0.25) is 4.79 Å². The van der Waals surface area contributed by atoms with Gasteiger partial charge in [0.25, 0.3) is 0 Å². The Hall–Kier alpha value is -2.53. The van der Waals surface area contributed by atoms with Crippen molar-refractivity contribution in [3.8, 4) is 0 Å². The summed E-state index contributed by atoms with van der Waals surface area (Å²) >= 11 is 1.74. The molecule has 1 aliphatic rings. The van der Waals surface area contributed by atoms with Crippen LogP contribution in [0.1, 0.15) is 80.9 Å². The Morgan fingerprint density at radius 1 is 1.12 bits per heavy atom. The third-order valence-corrected chi connectivity index (χ3v) is 8.16. The summed E-state index contributed by atoms with van der Waals surface area (Å²) in [4.78, 5) is 15.0. The van der Waals surface area contributed by atoms with Gasteiger partial charge in [0.15, 0.2) is 5.78 Å². The molecule has 0 amide bonds. The van der Waals surface area contributed by atoms with Gasteiger partial charge in [0.2, 0.25) is 0 Å². The highest BCUT2D eigenvalue weighted by atomic mass is 32.2. The van der Waals surface area contributed by atoms with Crippen LogP contribution in [-0.2, 0) is 11.0 Å². The molecule has 1 atom stereocenters. The SMILES string of the molecule is CCC(CC)(CC(=O)c1cnn2c1NC(c1ccccc1)CC2(C)C)c1ccc(SC)cc1. The number of rotatable bonds is 8. The van der Waals surface area contributed by atoms with Crippen LogP contribution >= 0.6 is 11.8 Å². The molecule has 33 heavy (non-hydrogen) atoms. The average molecular weight is 462 g/mol. The molecule has 3 aromatic rings. The van der Waals surface area contributed by atoms with Gasteiger partial charge >= 0.3 is 0 Å². The monoisotopic (exact) mass is 461 g/mol. The molecule has 4 nitrogen and oxygen atoms in total. The number of aromatic nitrogens is 2. The fourth-order valence-electron chi connectivity index (χ4n) is 5.20. The first kappa shape index (κ1) is 23.6. The lowest BCUT2D eigenvalue weighted by Crippen LogP contribution is -2.38. The van der Waals surface area contributed by atoms with E-state index < -0.39 is 0 Å². The number of ketones is 1. The molecule has 5 heteroatoms. The van der Waals surface area contributed by atoms with E-state index in [4.69, 9.17) is 0 Å². The Kier molecular flexibility index (Phi) is 6.71. The second-order valence-corrected chi connectivity index (χ2v) is 10.6. The number of benzene rings is 2. The quantitative estimate of drug-likeness (QED) is 0.284. The molecule has 0 saturated heterocycles. The number of fused-ring (bicyclic) bond motifs is 1. The van der Waals surface area contributed by atoms with Gasteiger partial charge in [0.1, 0.15) is 5.82 Å². The van der Waals surface area contributed by atoms with Crippen molar-refractivity contribution < 1.29 is 4.79 Å². The molecule has 174 valence electrons. The standard InChI is InChI=1S/C28H35N3OS/c1-6-28(7-2,21-13-15-22(33-5)16-14-21)18-25(32)23-19-29-31-26(23)30-24(17-27(31,3)4)20-11-9-8-10-12-20/h8-16,19,24,30H,6-7,17-18H2,1-5H3. The molecule has 2 heterocycles. The Balaban J connectivity index is 1.66. The maximum Gasteiger partial charge on any atom is 0.169 e. The highest BCUT2D eigenvalue weighted by molar-refractivity contribution is 7.98. The molecule has 0 fully saturated rings. The van der Waals surface area contributed by atoms with Crippen molar-refractivity contribution in [2.45, 2.75) is 75.3 Å². The van der Waals surface area contributed by atoms with Crippen molar-refractivity contribution in [2.75, 3.05) is 11.6 Å². The normalized spacial score (nSPS) is 17.3. The first-order chi connectivity index (χ1) is 15.8. The van der Waals surface area contributed by atoms with Gasteiger partial charge in [-0.1, -0.05) is 56.3 Å². The molecule has 1 unspecified atom stereocenters. The molecule has 1 aromatic heterocycles. The lowest BCUT2D eigenvalue weighted by Gasteiger charge is -2.38. The van der Waals surface area contributed by atoms with Gasteiger partial charge in [0.05, 0.1) is 23.3 Å². The Bertz CT molecular complexity index is 1100. The second-order valence-electron chi connectivity index (χ2n) is 9.76. The first-order valence-corrected chi connectivity index (χ1v) is 13.1. The van der Waals surface area contributed by atoms with Crippen molar-refractivity contribution >= 4 is 23.4 Å². The number of carbonyl (C=O) groups is 1. The Morgan fingerprint density at radius 3 is 2.39 bits per heavy atom. The smallest absolute Gasteiger partial charge is 0.169 e. The minimum Gasteiger partial charge on any atom is -0.363 e. The summed E-state index contributed by atoms with van der Waals surface area (Å²) in [6.07, 6.45) is 7.09. The third-order valence-electron chi connectivity index (χ3n) is 7.41. The number of Topliss-reactive ketones (excluding diaryl/α,β-unsaturated/α-hetero) is 1. The molecule has 1 aliphatic heterocycles. The summed E-state index contributed by atoms with van der Waals surface area (Å²) < 4.78 is 2.01. The van der Waals surface area contributed by atoms with Crippen LogP contribution in [0.3, 0.4) is 0 Å². The number of anilines is 1. The predicted molar refractivity (Wildman–Crippen MR) is 138 cm³/mol. The lowest BCUT2D eigenvalue weighted by molar-refractivity contribution is 0.0944. The van der Waals surface area contributed by atoms with Gasteiger partial charge in [0, 0.05) is 16.7 Å². The lowest BCUT2D eigenvalue weighted by atomic mass is 9.71. The zero-order valence-corrected chi connectivity index (χ0v) is 21.2. The maximum atomic E-state index is 13.8. The Labute approximate surface area is 202 Å². The van der Waals surface area contributed by atoms with E-state index in [1.165, 1.54) is 16.0 Å². The second kappa shape index (κ2) is 9.38. The van der Waals surface area contributed by atoms with E-state index in [0.717, 1.165) is 25.1 Å². The Morgan fingerprint density at radius 2 is 1.79 bits per heavy atom. The van der Waals surface area contributed by atoms with Crippen molar-refractivity contribution in [1.29, 1.82) is 0 Å². The number of hydrogen-bond acceptors (Lipinski definition) is 4. The topological polar surface area (TPSA) is 46.9 Å². The molecule has 0 saturated carbocycles. The van der Waals surface area contributed by atoms with Gasteiger partial charge in [-0.15, -0.1) is 11.8 Å². The number of hydrogen-bond donors (Lipinski definition) is 1. The molecule has 0 spiro atoms. The summed E-state index contributed by atoms with van der Waals surface area (Å²) in [7, 11) is 0. The van der Waals surface area contributed by atoms with E-state index in [9.17, 15) is 4.79 Å². The van der Waals surface area contributed by atoms with Crippen molar-refractivity contribution in [3.63, 3.8) is 0 Å². The fraction of sp³-hybridized carbons (Fsp3) is 0.429. The summed E-state index contributed by atoms with van der Waals surface area (Å²) in [5.74, 6) is 1.01. The summed E-state index contributed by atoms with van der Waals surface area (Å²) in [5.41, 5.74) is 2.83. The largest absolute Gasteiger partial charge is 0.363 e. The van der Waals surface area contributed by atoms with E-state index >= 15 is 0 Å². The van der Waals surface area contributed by atoms with E-state index in [-0.39, 0.29) is 22.8 Å². The highest BCUT2D eigenvalue weighted by Gasteiger charge is 2.38. The molecule has 0 aliphatic carbocycles. The number of nitrogens with one attached hydrogen (secondary N) is 1. The van der Waals surface area contributed by atoms with E-state index in [1.54, 1.807) is 18.0 Å². The van der Waals surface area contributed by atoms with Crippen molar-refractivity contribution in [1.82, 2.24) is 9.78 Å². The van der Waals surface area contributed by atoms with Crippen LogP contribution in [0.15, 0.2) is 65.7 Å². The van der Waals surface area contributed by atoms with Gasteiger partial charge in [-0.25, -0.2) is 4.68 Å². The van der Waals surface area contributed by atoms with Crippen LogP contribution in [-0.4, -0.2) is 21.8 Å². The van der Waals surface area contributed by atoms with Crippen LogP contribution < -0.4 is 5.32 Å². The van der Waals surface area contributed by atoms with Gasteiger partial charge in [-0.2, -0.15) is 5.10 Å². The molecule has 4 rings (SSSR count). The van der Waals surface area contributed by atoms with E-state index in [2.05, 4.69) is 92.9 Å². The van der Waals surface area contributed by atoms with Gasteiger partial charge < -0.3 is 5.32 Å². The zero-order valence-electron chi connectivity index (χ0n) is 20.4. The maximum absolute atomic E-state index is 13.8. The fourth-order valence-corrected chi connectivity index (χ4v) is 5.60. The average Bonchev–Trinajstić information content (AvgIpc) is 3.28. The molecular weight excluding hydrogens is 426 g/mol. The van der Waals surface area contributed by atoms with Crippen LogP contribution in [0, 0.1) is 0 Å². The van der Waals surface area contributed by atoms with E-state index in [1.807, 2.05) is 10.7 Å². The van der Waals surface area contributed by atoms with Crippen molar-refractivity contribution in [3.05, 3.63) is 77.5 Å². The molecule has 0 bridgehead atoms. The number of carbonyl (C=O) groups excluding carboxylic acids is 1. The van der Waals surface area contributed by atoms with Gasteiger partial charge in [-0.05, 0) is 62.6 Å². The van der Waals surface area contributed by atoms with Crippen LogP contribution in [0.2, 0.25) is 0 Å². The highest BCUT2D eigenvalue weighted by Crippen LogP contribution is 2.42. The predicted octanol–water partition coefficient (Wildman–Crippen LogP) is 7.23. The molecular formula is C28H35N3OS. The number of nitrogens with zero attached hydrogens (tertiary/aromatic N) is 2. The third kappa shape index (κ3) is 4.48. The molecule has 2 aromatic carbocycles. The minimum absolute atomic E-state index is 0.151. The summed E-state index contributed by atoms with van der Waals surface area (Å²) in [6.45, 7) is 8.79. The summed E-state index contributed by atoms with van der Waals surface area (Å²) in [5, 5.41) is 8.32. The van der Waals surface area contributed by atoms with Crippen LogP contribution in [0.4, 0.5) is 5.82 Å². The van der Waals surface area contributed by atoms with Crippen LogP contribution in [0.5, 0.6) is 0 Å². The van der Waals surface area contributed by atoms with E-state index in [0.29, 0.717) is 12.0 Å². The minimum atomic E-state index is -0.181. The first-order valence-electron chi connectivity index (χ1n) is 11.9. The zero-order chi connectivity index (χ0) is 23.6. The van der Waals surface area contributed by atoms with Crippen LogP contribution in [0.25, 0.3) is 0 Å². The molecule has 1 N–H and O–H groups in total. The molecule has 0 radical (unpaired) electrons. The summed E-state index contributed by atoms with van der Waals surface area (Å²) in [6, 6.07) is 19.4. The number of thioether (sulfide) groups is 1. The van der Waals surface area contributed by atoms with Crippen molar-refractivity contribution in [2.24, 2.45) is 0 Å².